The molecule has 0 aliphatic heterocycles. The van der Waals surface area contributed by atoms with Crippen molar-refractivity contribution in [3.63, 3.8) is 0 Å². The van der Waals surface area contributed by atoms with Crippen LogP contribution in [0.25, 0.3) is 11.3 Å². The molecule has 2 heterocycles. The van der Waals surface area contributed by atoms with Gasteiger partial charge in [-0.2, -0.15) is 5.10 Å². The molecule has 0 bridgehead atoms. The Bertz CT molecular complexity index is 506. The Morgan fingerprint density at radius 1 is 1.15 bits per heavy atom. The summed E-state index contributed by atoms with van der Waals surface area (Å²) in [5, 5.41) is 11.0. The van der Waals surface area contributed by atoms with Crippen molar-refractivity contribution < 1.29 is 0 Å². The van der Waals surface area contributed by atoms with Crippen LogP contribution < -0.4 is 5.32 Å². The van der Waals surface area contributed by atoms with Gasteiger partial charge in [0.25, 0.3) is 0 Å². The van der Waals surface area contributed by atoms with Gasteiger partial charge in [-0.3, -0.25) is 10.1 Å². The average molecular weight is 272 g/mol. The Balaban J connectivity index is 2.14. The molecule has 108 valence electrons. The Kier molecular flexibility index (Phi) is 4.90. The van der Waals surface area contributed by atoms with Crippen molar-refractivity contribution in [3.05, 3.63) is 36.3 Å². The van der Waals surface area contributed by atoms with E-state index in [1.165, 1.54) is 5.56 Å². The summed E-state index contributed by atoms with van der Waals surface area (Å²) in [7, 11) is 0. The van der Waals surface area contributed by atoms with E-state index in [0.717, 1.165) is 37.1 Å². The zero-order valence-electron chi connectivity index (χ0n) is 12.6. The van der Waals surface area contributed by atoms with Gasteiger partial charge in [0.1, 0.15) is 0 Å². The highest BCUT2D eigenvalue weighted by Gasteiger charge is 2.23. The first-order chi connectivity index (χ1) is 9.74. The van der Waals surface area contributed by atoms with Crippen molar-refractivity contribution in [1.82, 2.24) is 20.5 Å². The summed E-state index contributed by atoms with van der Waals surface area (Å²) < 4.78 is 0. The molecule has 2 rings (SSSR count). The first kappa shape index (κ1) is 14.7. The predicted octanol–water partition coefficient (Wildman–Crippen LogP) is 3.53. The quantitative estimate of drug-likeness (QED) is 0.810. The topological polar surface area (TPSA) is 53.6 Å². The highest BCUT2D eigenvalue weighted by Crippen LogP contribution is 2.23. The summed E-state index contributed by atoms with van der Waals surface area (Å²) in [6, 6.07) is 4.00. The molecule has 0 radical (unpaired) electrons. The number of pyridine rings is 1. The summed E-state index contributed by atoms with van der Waals surface area (Å²) in [4.78, 5) is 4.17. The van der Waals surface area contributed by atoms with Crippen LogP contribution in [0.15, 0.2) is 30.7 Å². The summed E-state index contributed by atoms with van der Waals surface area (Å²) in [5.74, 6) is 0. The fourth-order valence-electron chi connectivity index (χ4n) is 2.61. The lowest BCUT2D eigenvalue weighted by Gasteiger charge is -2.32. The van der Waals surface area contributed by atoms with Gasteiger partial charge in [0.2, 0.25) is 0 Å². The number of hydrogen-bond acceptors (Lipinski definition) is 3. The van der Waals surface area contributed by atoms with Crippen molar-refractivity contribution in [2.75, 3.05) is 0 Å². The molecule has 0 saturated carbocycles. The maximum atomic E-state index is 4.18. The fourth-order valence-corrected chi connectivity index (χ4v) is 2.61. The fraction of sp³-hybridized carbons (Fsp3) is 0.500. The van der Waals surface area contributed by atoms with E-state index in [-0.39, 0.29) is 5.54 Å². The van der Waals surface area contributed by atoms with E-state index in [0.29, 0.717) is 0 Å². The highest BCUT2D eigenvalue weighted by atomic mass is 15.1. The number of nitrogens with zero attached hydrogens (tertiary/aromatic N) is 2. The van der Waals surface area contributed by atoms with Gasteiger partial charge in [0.15, 0.2) is 0 Å². The first-order valence-corrected chi connectivity index (χ1v) is 7.42. The number of nitrogens with one attached hydrogen (secondary N) is 2. The van der Waals surface area contributed by atoms with E-state index in [2.05, 4.69) is 47.3 Å². The van der Waals surface area contributed by atoms with Gasteiger partial charge >= 0.3 is 0 Å². The maximum Gasteiger partial charge on any atom is 0.0710 e. The molecule has 0 atom stereocenters. The molecule has 0 aliphatic rings. The van der Waals surface area contributed by atoms with Gasteiger partial charge in [-0.1, -0.05) is 20.8 Å². The van der Waals surface area contributed by atoms with Gasteiger partial charge in [0.05, 0.1) is 11.9 Å². The SMILES string of the molecule is CCC(CC)(CC)NCc1cn[nH]c1-c1cccnc1. The smallest absolute Gasteiger partial charge is 0.0710 e. The number of aromatic amines is 1. The summed E-state index contributed by atoms with van der Waals surface area (Å²) >= 11 is 0. The third-order valence-electron chi connectivity index (χ3n) is 4.35. The third kappa shape index (κ3) is 3.07. The van der Waals surface area contributed by atoms with E-state index in [4.69, 9.17) is 0 Å². The number of H-pyrrole nitrogens is 1. The van der Waals surface area contributed by atoms with Crippen LogP contribution in [0.3, 0.4) is 0 Å². The molecule has 2 N–H and O–H groups in total. The Hall–Kier alpha value is -1.68. The molecule has 0 saturated heterocycles. The molecular weight excluding hydrogens is 248 g/mol. The van der Waals surface area contributed by atoms with Crippen LogP contribution in [0.4, 0.5) is 0 Å². The number of rotatable bonds is 7. The molecule has 2 aromatic rings. The van der Waals surface area contributed by atoms with Crippen molar-refractivity contribution in [2.24, 2.45) is 0 Å². The molecule has 0 spiro atoms. The van der Waals surface area contributed by atoms with Gasteiger partial charge < -0.3 is 5.32 Å². The third-order valence-corrected chi connectivity index (χ3v) is 4.35. The van der Waals surface area contributed by atoms with Crippen LogP contribution >= 0.6 is 0 Å². The van der Waals surface area contributed by atoms with E-state index < -0.39 is 0 Å². The zero-order valence-corrected chi connectivity index (χ0v) is 12.6. The predicted molar refractivity (Wildman–Crippen MR) is 82.3 cm³/mol. The van der Waals surface area contributed by atoms with Gasteiger partial charge in [-0.25, -0.2) is 0 Å². The van der Waals surface area contributed by atoms with Crippen LogP contribution in [0.2, 0.25) is 0 Å². The molecule has 20 heavy (non-hydrogen) atoms. The second-order valence-corrected chi connectivity index (χ2v) is 5.21. The molecule has 0 fully saturated rings. The van der Waals surface area contributed by atoms with E-state index in [1.54, 1.807) is 6.20 Å². The monoisotopic (exact) mass is 272 g/mol. The lowest BCUT2D eigenvalue weighted by atomic mass is 9.89. The van der Waals surface area contributed by atoms with Crippen LogP contribution in [0.5, 0.6) is 0 Å². The van der Waals surface area contributed by atoms with Crippen LogP contribution in [0.1, 0.15) is 45.6 Å². The lowest BCUT2D eigenvalue weighted by molar-refractivity contribution is 0.288. The summed E-state index contributed by atoms with van der Waals surface area (Å²) in [6.45, 7) is 7.57. The summed E-state index contributed by atoms with van der Waals surface area (Å²) in [6.07, 6.45) is 8.97. The Labute approximate surface area is 121 Å². The highest BCUT2D eigenvalue weighted by molar-refractivity contribution is 5.61. The first-order valence-electron chi connectivity index (χ1n) is 7.42. The molecule has 0 amide bonds. The van der Waals surface area contributed by atoms with Gasteiger partial charge in [0, 0.05) is 35.6 Å². The minimum Gasteiger partial charge on any atom is -0.307 e. The molecule has 4 nitrogen and oxygen atoms in total. The lowest BCUT2D eigenvalue weighted by Crippen LogP contribution is -2.43. The molecule has 0 aromatic carbocycles. The van der Waals surface area contributed by atoms with Crippen molar-refractivity contribution in [2.45, 2.75) is 52.1 Å². The van der Waals surface area contributed by atoms with E-state index in [9.17, 15) is 0 Å². The van der Waals surface area contributed by atoms with Crippen LogP contribution in [0, 0.1) is 0 Å². The van der Waals surface area contributed by atoms with Gasteiger partial charge in [-0.15, -0.1) is 0 Å². The van der Waals surface area contributed by atoms with Crippen LogP contribution in [-0.4, -0.2) is 20.7 Å². The Morgan fingerprint density at radius 3 is 2.50 bits per heavy atom. The molecular formula is C16H24N4. The molecule has 0 unspecified atom stereocenters. The van der Waals surface area contributed by atoms with E-state index in [1.807, 2.05) is 18.5 Å². The average Bonchev–Trinajstić information content (AvgIpc) is 2.99. The maximum absolute atomic E-state index is 4.18. The summed E-state index contributed by atoms with van der Waals surface area (Å²) in [5.41, 5.74) is 3.56. The van der Waals surface area contributed by atoms with Crippen molar-refractivity contribution >= 4 is 0 Å². The second-order valence-electron chi connectivity index (χ2n) is 5.21. The molecule has 4 heteroatoms. The number of hydrogen-bond donors (Lipinski definition) is 2. The molecule has 2 aromatic heterocycles. The van der Waals surface area contributed by atoms with Crippen LogP contribution in [-0.2, 0) is 6.54 Å². The normalized spacial score (nSPS) is 11.8. The minimum absolute atomic E-state index is 0.226. The van der Waals surface area contributed by atoms with Crippen molar-refractivity contribution in [3.8, 4) is 11.3 Å². The molecule has 0 aliphatic carbocycles. The second kappa shape index (κ2) is 6.66. The standard InChI is InChI=1S/C16H24N4/c1-4-16(5-2,6-3)18-11-14-12-19-20-15(14)13-8-7-9-17-10-13/h7-10,12,18H,4-6,11H2,1-3H3,(H,19,20). The van der Waals surface area contributed by atoms with E-state index >= 15 is 0 Å². The Morgan fingerprint density at radius 2 is 1.90 bits per heavy atom. The van der Waals surface area contributed by atoms with Crippen molar-refractivity contribution in [1.29, 1.82) is 0 Å². The number of aromatic nitrogens is 3. The minimum atomic E-state index is 0.226. The zero-order chi connectivity index (χ0) is 14.4. The van der Waals surface area contributed by atoms with Gasteiger partial charge in [-0.05, 0) is 31.4 Å². The largest absolute Gasteiger partial charge is 0.307 e.